The smallest absolute Gasteiger partial charge is 0.0705 e. The second-order valence-electron chi connectivity index (χ2n) is 5.96. The zero-order chi connectivity index (χ0) is 13.1. The van der Waals surface area contributed by atoms with Crippen LogP contribution in [-0.2, 0) is 6.54 Å². The topological polar surface area (TPSA) is 24.9 Å². The second-order valence-corrected chi connectivity index (χ2v) is 5.96. The van der Waals surface area contributed by atoms with Crippen LogP contribution >= 0.6 is 0 Å². The van der Waals surface area contributed by atoms with E-state index in [0.29, 0.717) is 5.54 Å². The summed E-state index contributed by atoms with van der Waals surface area (Å²) in [5.41, 5.74) is 2.77. The summed E-state index contributed by atoms with van der Waals surface area (Å²) in [6.07, 6.45) is 8.64. The monoisotopic (exact) mass is 254 g/mol. The molecular weight excluding hydrogens is 232 g/mol. The summed E-state index contributed by atoms with van der Waals surface area (Å²) in [5.74, 6) is 0. The number of fused-ring (bicyclic) bond motifs is 1. The van der Waals surface area contributed by atoms with E-state index in [4.69, 9.17) is 0 Å². The molecule has 2 nitrogen and oxygen atoms in total. The van der Waals surface area contributed by atoms with Gasteiger partial charge >= 0.3 is 0 Å². The first-order valence-corrected chi connectivity index (χ1v) is 7.35. The van der Waals surface area contributed by atoms with Crippen LogP contribution in [0.5, 0.6) is 0 Å². The number of para-hydroxylation sites is 1. The molecule has 0 unspecified atom stereocenters. The minimum atomic E-state index is 0.322. The van der Waals surface area contributed by atoms with Crippen LogP contribution in [0.3, 0.4) is 0 Å². The summed E-state index contributed by atoms with van der Waals surface area (Å²) in [6.45, 7) is 3.31. The van der Waals surface area contributed by atoms with Crippen LogP contribution in [0.1, 0.15) is 44.6 Å². The molecular formula is C17H22N2. The van der Waals surface area contributed by atoms with Crippen LogP contribution in [-0.4, -0.2) is 10.5 Å². The standard InChI is InChI=1S/C17H22N2/c1-17(10-5-2-6-11-17)19-13-14-9-12-18-16-8-4-3-7-15(14)16/h3-4,7-9,12,19H,2,5-6,10-11,13H2,1H3. The number of nitrogens with one attached hydrogen (secondary N) is 1. The van der Waals surface area contributed by atoms with Crippen LogP contribution in [0.4, 0.5) is 0 Å². The summed E-state index contributed by atoms with van der Waals surface area (Å²) in [5, 5.41) is 5.05. The lowest BCUT2D eigenvalue weighted by Gasteiger charge is -2.35. The van der Waals surface area contributed by atoms with Gasteiger partial charge in [0.15, 0.2) is 0 Å². The molecule has 100 valence electrons. The Labute approximate surface area is 115 Å². The number of hydrogen-bond acceptors (Lipinski definition) is 2. The van der Waals surface area contributed by atoms with Gasteiger partial charge in [0.2, 0.25) is 0 Å². The molecule has 0 aliphatic heterocycles. The summed E-state index contributed by atoms with van der Waals surface area (Å²) in [7, 11) is 0. The minimum absolute atomic E-state index is 0.322. The van der Waals surface area contributed by atoms with Crippen molar-refractivity contribution in [3.8, 4) is 0 Å². The van der Waals surface area contributed by atoms with E-state index in [-0.39, 0.29) is 0 Å². The van der Waals surface area contributed by atoms with E-state index >= 15 is 0 Å². The Balaban J connectivity index is 1.78. The first-order chi connectivity index (χ1) is 9.27. The van der Waals surface area contributed by atoms with Crippen molar-refractivity contribution in [2.45, 2.75) is 51.1 Å². The predicted molar refractivity (Wildman–Crippen MR) is 80.1 cm³/mol. The third-order valence-electron chi connectivity index (χ3n) is 4.40. The molecule has 1 aliphatic rings. The lowest BCUT2D eigenvalue weighted by Crippen LogP contribution is -2.43. The van der Waals surface area contributed by atoms with Crippen molar-refractivity contribution in [3.63, 3.8) is 0 Å². The first-order valence-electron chi connectivity index (χ1n) is 7.35. The van der Waals surface area contributed by atoms with Crippen LogP contribution in [0.15, 0.2) is 36.5 Å². The molecule has 1 N–H and O–H groups in total. The molecule has 0 bridgehead atoms. The number of aromatic nitrogens is 1. The molecule has 0 radical (unpaired) electrons. The molecule has 1 aromatic carbocycles. The number of benzene rings is 1. The predicted octanol–water partition coefficient (Wildman–Crippen LogP) is 4.05. The van der Waals surface area contributed by atoms with E-state index in [2.05, 4.69) is 47.6 Å². The van der Waals surface area contributed by atoms with Crippen molar-refractivity contribution in [3.05, 3.63) is 42.1 Å². The zero-order valence-corrected chi connectivity index (χ0v) is 11.7. The van der Waals surface area contributed by atoms with Gasteiger partial charge < -0.3 is 5.32 Å². The van der Waals surface area contributed by atoms with Crippen molar-refractivity contribution in [2.75, 3.05) is 0 Å². The summed E-state index contributed by atoms with van der Waals surface area (Å²) >= 11 is 0. The second kappa shape index (κ2) is 5.30. The maximum Gasteiger partial charge on any atom is 0.0705 e. The molecule has 2 aromatic rings. The van der Waals surface area contributed by atoms with E-state index < -0.39 is 0 Å². The highest BCUT2D eigenvalue weighted by Crippen LogP contribution is 2.28. The van der Waals surface area contributed by atoms with Gasteiger partial charge in [0.1, 0.15) is 0 Å². The zero-order valence-electron chi connectivity index (χ0n) is 11.7. The van der Waals surface area contributed by atoms with E-state index in [1.54, 1.807) is 0 Å². The van der Waals surface area contributed by atoms with Crippen molar-refractivity contribution in [1.82, 2.24) is 10.3 Å². The minimum Gasteiger partial charge on any atom is -0.307 e. The van der Waals surface area contributed by atoms with Crippen molar-refractivity contribution in [1.29, 1.82) is 0 Å². The van der Waals surface area contributed by atoms with E-state index in [9.17, 15) is 0 Å². The van der Waals surface area contributed by atoms with E-state index in [0.717, 1.165) is 12.1 Å². The van der Waals surface area contributed by atoms with Gasteiger partial charge in [-0.25, -0.2) is 0 Å². The molecule has 19 heavy (non-hydrogen) atoms. The van der Waals surface area contributed by atoms with Crippen LogP contribution in [0.2, 0.25) is 0 Å². The average molecular weight is 254 g/mol. The van der Waals surface area contributed by atoms with Gasteiger partial charge in [-0.1, -0.05) is 37.5 Å². The van der Waals surface area contributed by atoms with Crippen LogP contribution < -0.4 is 5.32 Å². The SMILES string of the molecule is CC1(NCc2ccnc3ccccc23)CCCCC1. The maximum atomic E-state index is 4.43. The van der Waals surface area contributed by atoms with Gasteiger partial charge in [-0.3, -0.25) is 4.98 Å². The van der Waals surface area contributed by atoms with Gasteiger partial charge in [0, 0.05) is 23.7 Å². The van der Waals surface area contributed by atoms with E-state index in [1.807, 2.05) is 6.20 Å². The fraction of sp³-hybridized carbons (Fsp3) is 0.471. The van der Waals surface area contributed by atoms with E-state index in [1.165, 1.54) is 43.1 Å². The quantitative estimate of drug-likeness (QED) is 0.894. The van der Waals surface area contributed by atoms with Gasteiger partial charge in [0.25, 0.3) is 0 Å². The Bertz CT molecular complexity index is 551. The van der Waals surface area contributed by atoms with Crippen molar-refractivity contribution < 1.29 is 0 Å². The molecule has 1 aromatic heterocycles. The van der Waals surface area contributed by atoms with Crippen LogP contribution in [0.25, 0.3) is 10.9 Å². The fourth-order valence-electron chi connectivity index (χ4n) is 3.13. The third kappa shape index (κ3) is 2.79. The number of nitrogens with zero attached hydrogens (tertiary/aromatic N) is 1. The largest absolute Gasteiger partial charge is 0.307 e. The average Bonchev–Trinajstić information content (AvgIpc) is 2.46. The van der Waals surface area contributed by atoms with Gasteiger partial charge in [-0.2, -0.15) is 0 Å². The lowest BCUT2D eigenvalue weighted by molar-refractivity contribution is 0.253. The highest BCUT2D eigenvalue weighted by molar-refractivity contribution is 5.81. The lowest BCUT2D eigenvalue weighted by atomic mass is 9.83. The molecule has 1 aliphatic carbocycles. The number of hydrogen-bond donors (Lipinski definition) is 1. The first kappa shape index (κ1) is 12.6. The molecule has 2 heteroatoms. The Morgan fingerprint density at radius 2 is 1.89 bits per heavy atom. The van der Waals surface area contributed by atoms with Gasteiger partial charge in [-0.05, 0) is 37.5 Å². The summed E-state index contributed by atoms with van der Waals surface area (Å²) < 4.78 is 0. The molecule has 0 saturated heterocycles. The summed E-state index contributed by atoms with van der Waals surface area (Å²) in [6, 6.07) is 10.5. The molecule has 1 fully saturated rings. The Hall–Kier alpha value is -1.41. The number of pyridine rings is 1. The highest BCUT2D eigenvalue weighted by atomic mass is 15.0. The number of rotatable bonds is 3. The molecule has 3 rings (SSSR count). The third-order valence-corrected chi connectivity index (χ3v) is 4.40. The van der Waals surface area contributed by atoms with Crippen molar-refractivity contribution in [2.24, 2.45) is 0 Å². The molecule has 0 atom stereocenters. The van der Waals surface area contributed by atoms with Crippen molar-refractivity contribution >= 4 is 10.9 Å². The highest BCUT2D eigenvalue weighted by Gasteiger charge is 2.25. The Morgan fingerprint density at radius 3 is 2.74 bits per heavy atom. The van der Waals surface area contributed by atoms with Gasteiger partial charge in [-0.15, -0.1) is 0 Å². The fourth-order valence-corrected chi connectivity index (χ4v) is 3.13. The Kier molecular flexibility index (Phi) is 3.52. The summed E-state index contributed by atoms with van der Waals surface area (Å²) in [4.78, 5) is 4.43. The molecule has 0 amide bonds. The molecule has 0 spiro atoms. The Morgan fingerprint density at radius 1 is 1.11 bits per heavy atom. The normalized spacial score (nSPS) is 18.6. The van der Waals surface area contributed by atoms with Crippen LogP contribution in [0, 0.1) is 0 Å². The maximum absolute atomic E-state index is 4.43. The molecule has 1 heterocycles. The van der Waals surface area contributed by atoms with Gasteiger partial charge in [0.05, 0.1) is 5.52 Å². The molecule has 1 saturated carbocycles.